The summed E-state index contributed by atoms with van der Waals surface area (Å²) in [5, 5.41) is 10.8. The Morgan fingerprint density at radius 1 is 1.15 bits per heavy atom. The first-order chi connectivity index (χ1) is 9.42. The fourth-order valence-electron chi connectivity index (χ4n) is 3.25. The molecule has 2 saturated heterocycles. The molecule has 2 atom stereocenters. The second-order valence-corrected chi connectivity index (χ2v) is 5.67. The molecule has 1 aromatic rings. The molecule has 0 radical (unpaired) electrons. The van der Waals surface area contributed by atoms with Gasteiger partial charge >= 0.3 is 0 Å². The van der Waals surface area contributed by atoms with Crippen LogP contribution in [0.25, 0.3) is 0 Å². The molecule has 0 saturated carbocycles. The molecule has 2 heterocycles. The highest BCUT2D eigenvalue weighted by molar-refractivity contribution is 5.28. The Morgan fingerprint density at radius 2 is 1.75 bits per heavy atom. The van der Waals surface area contributed by atoms with Gasteiger partial charge in [0.1, 0.15) is 0 Å². The van der Waals surface area contributed by atoms with E-state index in [4.69, 9.17) is 4.74 Å². The van der Waals surface area contributed by atoms with Gasteiger partial charge in [-0.15, -0.1) is 0 Å². The summed E-state index contributed by atoms with van der Waals surface area (Å²) < 4.78 is 45.8. The molecule has 2 fully saturated rings. The van der Waals surface area contributed by atoms with Crippen LogP contribution in [0.4, 0.5) is 13.2 Å². The third-order valence-corrected chi connectivity index (χ3v) is 4.46. The summed E-state index contributed by atoms with van der Waals surface area (Å²) in [6, 6.07) is 1.88. The number of piperidine rings is 1. The van der Waals surface area contributed by atoms with Crippen molar-refractivity contribution in [3.63, 3.8) is 0 Å². The molecule has 0 aliphatic carbocycles. The lowest BCUT2D eigenvalue weighted by Gasteiger charge is -2.50. The van der Waals surface area contributed by atoms with E-state index in [1.54, 1.807) is 0 Å². The van der Waals surface area contributed by atoms with Gasteiger partial charge in [-0.3, -0.25) is 4.90 Å². The van der Waals surface area contributed by atoms with Gasteiger partial charge in [0.25, 0.3) is 0 Å². The van der Waals surface area contributed by atoms with Gasteiger partial charge in [-0.25, -0.2) is 13.2 Å². The number of nitrogens with zero attached hydrogens (tertiary/aromatic N) is 1. The highest BCUT2D eigenvalue weighted by atomic mass is 19.2. The minimum absolute atomic E-state index is 0.0555. The van der Waals surface area contributed by atoms with E-state index in [1.165, 1.54) is 0 Å². The number of hydrogen-bond donors (Lipinski definition) is 1. The number of likely N-dealkylation sites (N-methyl/N-ethyl adjacent to an activating group) is 1. The molecule has 2 unspecified atom stereocenters. The lowest BCUT2D eigenvalue weighted by atomic mass is 9.77. The maximum Gasteiger partial charge on any atom is 0.194 e. The molecule has 1 N–H and O–H groups in total. The van der Waals surface area contributed by atoms with Gasteiger partial charge < -0.3 is 9.84 Å². The Hall–Kier alpha value is -1.11. The summed E-state index contributed by atoms with van der Waals surface area (Å²) in [5.74, 6) is -4.07. The molecule has 2 aliphatic rings. The molecule has 20 heavy (non-hydrogen) atoms. The van der Waals surface area contributed by atoms with Gasteiger partial charge in [0.05, 0.1) is 18.8 Å². The minimum atomic E-state index is -1.53. The van der Waals surface area contributed by atoms with Crippen LogP contribution in [0.3, 0.4) is 0 Å². The minimum Gasteiger partial charge on any atom is -0.385 e. The van der Waals surface area contributed by atoms with Crippen molar-refractivity contribution in [2.24, 2.45) is 0 Å². The Morgan fingerprint density at radius 3 is 2.35 bits per heavy atom. The quantitative estimate of drug-likeness (QED) is 0.799. The molecule has 6 heteroatoms. The first kappa shape index (κ1) is 13.9. The Labute approximate surface area is 115 Å². The zero-order valence-electron chi connectivity index (χ0n) is 11.1. The molecule has 3 nitrogen and oxygen atoms in total. The molecule has 1 aromatic carbocycles. The second kappa shape index (κ2) is 4.72. The highest BCUT2D eigenvalue weighted by Crippen LogP contribution is 2.41. The average Bonchev–Trinajstić information content (AvgIpc) is 2.38. The number of fused-ring (bicyclic) bond motifs is 2. The summed E-state index contributed by atoms with van der Waals surface area (Å²) in [6.07, 6.45) is 0.476. The lowest BCUT2D eigenvalue weighted by Crippen LogP contribution is -2.59. The van der Waals surface area contributed by atoms with E-state index in [0.717, 1.165) is 12.1 Å². The van der Waals surface area contributed by atoms with E-state index < -0.39 is 23.1 Å². The highest BCUT2D eigenvalue weighted by Gasteiger charge is 2.47. The summed E-state index contributed by atoms with van der Waals surface area (Å²) >= 11 is 0. The van der Waals surface area contributed by atoms with E-state index in [1.807, 2.05) is 7.05 Å². The van der Waals surface area contributed by atoms with E-state index in [0.29, 0.717) is 13.2 Å². The van der Waals surface area contributed by atoms with Crippen molar-refractivity contribution in [1.29, 1.82) is 0 Å². The zero-order valence-corrected chi connectivity index (χ0v) is 11.1. The van der Waals surface area contributed by atoms with E-state index in [2.05, 4.69) is 4.90 Å². The predicted octanol–water partition coefficient (Wildman–Crippen LogP) is 1.78. The van der Waals surface area contributed by atoms with Crippen LogP contribution >= 0.6 is 0 Å². The van der Waals surface area contributed by atoms with Gasteiger partial charge in [0.2, 0.25) is 0 Å². The van der Waals surface area contributed by atoms with Gasteiger partial charge in [0.15, 0.2) is 17.5 Å². The van der Waals surface area contributed by atoms with E-state index in [9.17, 15) is 18.3 Å². The number of morpholine rings is 1. The molecule has 0 spiro atoms. The van der Waals surface area contributed by atoms with E-state index >= 15 is 0 Å². The van der Waals surface area contributed by atoms with Crippen LogP contribution < -0.4 is 0 Å². The van der Waals surface area contributed by atoms with Crippen molar-refractivity contribution < 1.29 is 23.0 Å². The van der Waals surface area contributed by atoms with Crippen LogP contribution in [0.5, 0.6) is 0 Å². The number of ether oxygens (including phenoxy) is 1. The summed E-state index contributed by atoms with van der Waals surface area (Å²) in [5.41, 5.74) is -1.65. The number of hydrogen-bond acceptors (Lipinski definition) is 3. The van der Waals surface area contributed by atoms with Crippen molar-refractivity contribution in [3.8, 4) is 0 Å². The number of aliphatic hydroxyl groups is 1. The molecule has 2 bridgehead atoms. The fraction of sp³-hybridized carbons (Fsp3) is 0.571. The van der Waals surface area contributed by atoms with Gasteiger partial charge in [-0.2, -0.15) is 0 Å². The first-order valence-corrected chi connectivity index (χ1v) is 6.58. The van der Waals surface area contributed by atoms with Gasteiger partial charge in [0, 0.05) is 17.6 Å². The van der Waals surface area contributed by atoms with Crippen molar-refractivity contribution in [2.75, 3.05) is 20.3 Å². The molecule has 0 amide bonds. The monoisotopic (exact) mass is 287 g/mol. The summed E-state index contributed by atoms with van der Waals surface area (Å²) in [6.45, 7) is 0.890. The Bertz CT molecular complexity index is 523. The Balaban J connectivity index is 1.99. The van der Waals surface area contributed by atoms with Crippen LogP contribution in [-0.2, 0) is 10.3 Å². The first-order valence-electron chi connectivity index (χ1n) is 6.58. The number of rotatable bonds is 1. The van der Waals surface area contributed by atoms with Crippen LogP contribution in [-0.4, -0.2) is 42.4 Å². The lowest BCUT2D eigenvalue weighted by molar-refractivity contribution is -0.138. The van der Waals surface area contributed by atoms with Crippen LogP contribution in [0, 0.1) is 17.5 Å². The maximum absolute atomic E-state index is 13.9. The normalized spacial score (nSPS) is 34.2. The summed E-state index contributed by atoms with van der Waals surface area (Å²) in [7, 11) is 1.93. The van der Waals surface area contributed by atoms with Crippen LogP contribution in [0.2, 0.25) is 0 Å². The molecule has 0 aromatic heterocycles. The Kier molecular flexibility index (Phi) is 3.27. The smallest absolute Gasteiger partial charge is 0.194 e. The zero-order chi connectivity index (χ0) is 14.5. The largest absolute Gasteiger partial charge is 0.385 e. The van der Waals surface area contributed by atoms with Gasteiger partial charge in [-0.05, 0) is 26.0 Å². The summed E-state index contributed by atoms with van der Waals surface area (Å²) in [4.78, 5) is 2.09. The molecular weight excluding hydrogens is 271 g/mol. The SMILES string of the molecule is CN1C2COCC1CC(O)(c1ccc(F)c(F)c1F)C2. The van der Waals surface area contributed by atoms with E-state index in [-0.39, 0.29) is 30.5 Å². The number of benzene rings is 1. The average molecular weight is 287 g/mol. The molecule has 3 rings (SSSR count). The van der Waals surface area contributed by atoms with Crippen LogP contribution in [0.1, 0.15) is 18.4 Å². The van der Waals surface area contributed by atoms with Gasteiger partial charge in [-0.1, -0.05) is 6.07 Å². The third kappa shape index (κ3) is 2.03. The fourth-order valence-corrected chi connectivity index (χ4v) is 3.25. The predicted molar refractivity (Wildman–Crippen MR) is 65.6 cm³/mol. The maximum atomic E-state index is 13.9. The topological polar surface area (TPSA) is 32.7 Å². The molecule has 110 valence electrons. The number of halogens is 3. The van der Waals surface area contributed by atoms with Crippen molar-refractivity contribution >= 4 is 0 Å². The van der Waals surface area contributed by atoms with Crippen molar-refractivity contribution in [2.45, 2.75) is 30.5 Å². The molecular formula is C14H16F3NO2. The van der Waals surface area contributed by atoms with Crippen molar-refractivity contribution in [1.82, 2.24) is 4.90 Å². The second-order valence-electron chi connectivity index (χ2n) is 5.67. The molecule has 2 aliphatic heterocycles. The van der Waals surface area contributed by atoms with Crippen LogP contribution in [0.15, 0.2) is 12.1 Å². The standard InChI is InChI=1S/C14H16F3NO2/c1-18-8-4-14(19,5-9(18)7-20-6-8)10-2-3-11(15)13(17)12(10)16/h2-3,8-9,19H,4-7H2,1H3. The van der Waals surface area contributed by atoms with Crippen molar-refractivity contribution in [3.05, 3.63) is 35.1 Å². The third-order valence-electron chi connectivity index (χ3n) is 4.46.